The number of amides is 1. The normalized spacial score (nSPS) is 16.3. The second kappa shape index (κ2) is 7.11. The van der Waals surface area contributed by atoms with Crippen molar-refractivity contribution in [1.82, 2.24) is 20.2 Å². The summed E-state index contributed by atoms with van der Waals surface area (Å²) in [6, 6.07) is 11.8. The molecule has 2 aromatic heterocycles. The quantitative estimate of drug-likeness (QED) is 0.750. The van der Waals surface area contributed by atoms with Crippen LogP contribution in [0.4, 0.5) is 0 Å². The van der Waals surface area contributed by atoms with Crippen LogP contribution in [-0.2, 0) is 17.9 Å². The Morgan fingerprint density at radius 2 is 2.08 bits per heavy atom. The average molecular weight is 338 g/mol. The van der Waals surface area contributed by atoms with Crippen LogP contribution < -0.4 is 5.32 Å². The molecule has 1 aliphatic heterocycles. The highest BCUT2D eigenvalue weighted by Gasteiger charge is 2.25. The van der Waals surface area contributed by atoms with Gasteiger partial charge in [-0.1, -0.05) is 12.1 Å². The van der Waals surface area contributed by atoms with Gasteiger partial charge in [0.25, 0.3) is 0 Å². The highest BCUT2D eigenvalue weighted by atomic mass is 16.3. The fourth-order valence-corrected chi connectivity index (χ4v) is 3.38. The van der Waals surface area contributed by atoms with Crippen molar-refractivity contribution in [2.75, 3.05) is 13.1 Å². The molecule has 1 fully saturated rings. The number of aromatic amines is 1. The molecule has 1 amide bonds. The lowest BCUT2D eigenvalue weighted by Crippen LogP contribution is -2.40. The van der Waals surface area contributed by atoms with Gasteiger partial charge in [0.1, 0.15) is 11.6 Å². The molecular weight excluding hydrogens is 316 g/mol. The van der Waals surface area contributed by atoms with Crippen LogP contribution in [0.25, 0.3) is 11.0 Å². The zero-order valence-corrected chi connectivity index (χ0v) is 14.1. The molecule has 1 saturated heterocycles. The van der Waals surface area contributed by atoms with Gasteiger partial charge in [0.05, 0.1) is 30.4 Å². The number of furan rings is 1. The van der Waals surface area contributed by atoms with Gasteiger partial charge in [-0.3, -0.25) is 9.69 Å². The number of imidazole rings is 1. The summed E-state index contributed by atoms with van der Waals surface area (Å²) in [4.78, 5) is 22.6. The molecule has 0 radical (unpaired) electrons. The van der Waals surface area contributed by atoms with Crippen LogP contribution in [0.5, 0.6) is 0 Å². The van der Waals surface area contributed by atoms with Crippen LogP contribution in [0.15, 0.2) is 47.1 Å². The summed E-state index contributed by atoms with van der Waals surface area (Å²) in [6.07, 6.45) is 3.38. The van der Waals surface area contributed by atoms with Crippen molar-refractivity contribution < 1.29 is 9.21 Å². The number of piperidine rings is 1. The highest BCUT2D eigenvalue weighted by molar-refractivity contribution is 5.78. The van der Waals surface area contributed by atoms with Gasteiger partial charge in [-0.15, -0.1) is 0 Å². The molecule has 1 aliphatic rings. The van der Waals surface area contributed by atoms with Gasteiger partial charge < -0.3 is 14.7 Å². The van der Waals surface area contributed by atoms with E-state index in [4.69, 9.17) is 4.42 Å². The number of rotatable bonds is 5. The summed E-state index contributed by atoms with van der Waals surface area (Å²) in [6.45, 7) is 3.09. The highest BCUT2D eigenvalue weighted by Crippen LogP contribution is 2.20. The van der Waals surface area contributed by atoms with Crippen molar-refractivity contribution in [3.05, 3.63) is 54.2 Å². The lowest BCUT2D eigenvalue weighted by Gasteiger charge is -2.30. The number of hydrogen-bond acceptors (Lipinski definition) is 4. The third-order valence-corrected chi connectivity index (χ3v) is 4.79. The minimum Gasteiger partial charge on any atom is -0.467 e. The average Bonchev–Trinajstić information content (AvgIpc) is 3.29. The number of nitrogens with one attached hydrogen (secondary N) is 2. The fourth-order valence-electron chi connectivity index (χ4n) is 3.38. The summed E-state index contributed by atoms with van der Waals surface area (Å²) in [5, 5.41) is 2.97. The number of carbonyl (C=O) groups excluding carboxylic acids is 1. The largest absolute Gasteiger partial charge is 0.467 e. The predicted molar refractivity (Wildman–Crippen MR) is 94.6 cm³/mol. The van der Waals surface area contributed by atoms with Crippen molar-refractivity contribution in [1.29, 1.82) is 0 Å². The van der Waals surface area contributed by atoms with E-state index in [9.17, 15) is 4.79 Å². The van der Waals surface area contributed by atoms with Gasteiger partial charge in [0.15, 0.2) is 0 Å². The predicted octanol–water partition coefficient (Wildman–Crippen LogP) is 2.68. The van der Waals surface area contributed by atoms with Crippen LogP contribution in [-0.4, -0.2) is 33.9 Å². The van der Waals surface area contributed by atoms with Gasteiger partial charge in [-0.25, -0.2) is 4.98 Å². The summed E-state index contributed by atoms with van der Waals surface area (Å²) >= 11 is 0. The first kappa shape index (κ1) is 15.9. The van der Waals surface area contributed by atoms with Crippen LogP contribution in [0.1, 0.15) is 24.4 Å². The van der Waals surface area contributed by atoms with Crippen LogP contribution >= 0.6 is 0 Å². The molecule has 6 nitrogen and oxygen atoms in total. The molecule has 0 unspecified atom stereocenters. The molecule has 0 aliphatic carbocycles. The molecule has 2 N–H and O–H groups in total. The number of fused-ring (bicyclic) bond motifs is 1. The van der Waals surface area contributed by atoms with E-state index in [1.807, 2.05) is 36.4 Å². The monoisotopic (exact) mass is 338 g/mol. The van der Waals surface area contributed by atoms with Crippen LogP contribution in [0.3, 0.4) is 0 Å². The van der Waals surface area contributed by atoms with Crippen molar-refractivity contribution in [3.63, 3.8) is 0 Å². The van der Waals surface area contributed by atoms with Gasteiger partial charge in [0.2, 0.25) is 5.91 Å². The fraction of sp³-hybridized carbons (Fsp3) is 0.368. The van der Waals surface area contributed by atoms with Crippen molar-refractivity contribution >= 4 is 16.9 Å². The van der Waals surface area contributed by atoms with Gasteiger partial charge >= 0.3 is 0 Å². The minimum atomic E-state index is 0.0851. The maximum atomic E-state index is 12.3. The Labute approximate surface area is 146 Å². The maximum Gasteiger partial charge on any atom is 0.223 e. The second-order valence-electron chi connectivity index (χ2n) is 6.55. The number of H-pyrrole nitrogens is 1. The lowest BCUT2D eigenvalue weighted by molar-refractivity contribution is -0.126. The number of para-hydroxylation sites is 2. The zero-order valence-electron chi connectivity index (χ0n) is 14.1. The first-order chi connectivity index (χ1) is 12.3. The second-order valence-corrected chi connectivity index (χ2v) is 6.55. The summed E-state index contributed by atoms with van der Waals surface area (Å²) in [5.41, 5.74) is 2.08. The molecule has 6 heteroatoms. The number of nitrogens with zero attached hydrogens (tertiary/aromatic N) is 2. The molecule has 4 rings (SSSR count). The number of likely N-dealkylation sites (tertiary alicyclic amines) is 1. The van der Waals surface area contributed by atoms with Crippen molar-refractivity contribution in [2.24, 2.45) is 5.92 Å². The van der Waals surface area contributed by atoms with Crippen molar-refractivity contribution in [2.45, 2.75) is 25.9 Å². The molecule has 25 heavy (non-hydrogen) atoms. The van der Waals surface area contributed by atoms with E-state index in [1.54, 1.807) is 6.26 Å². The summed E-state index contributed by atoms with van der Waals surface area (Å²) in [7, 11) is 0. The molecule has 3 aromatic rings. The van der Waals surface area contributed by atoms with Crippen LogP contribution in [0.2, 0.25) is 0 Å². The summed E-state index contributed by atoms with van der Waals surface area (Å²) < 4.78 is 5.25. The van der Waals surface area contributed by atoms with E-state index in [-0.39, 0.29) is 11.8 Å². The third kappa shape index (κ3) is 3.74. The topological polar surface area (TPSA) is 74.2 Å². The molecule has 0 spiro atoms. The molecule has 130 valence electrons. The standard InChI is InChI=1S/C19H22N4O2/c24-19(20-12-15-4-3-11-25-15)14-7-9-23(10-8-14)13-18-21-16-5-1-2-6-17(16)22-18/h1-6,11,14H,7-10,12-13H2,(H,20,24)(H,21,22). The molecule has 0 atom stereocenters. The number of carbonyl (C=O) groups is 1. The summed E-state index contributed by atoms with van der Waals surface area (Å²) in [5.74, 6) is 1.99. The lowest BCUT2D eigenvalue weighted by atomic mass is 9.96. The van der Waals surface area contributed by atoms with E-state index in [0.717, 1.165) is 55.1 Å². The van der Waals surface area contributed by atoms with Crippen LogP contribution in [0, 0.1) is 5.92 Å². The van der Waals surface area contributed by atoms with E-state index < -0.39 is 0 Å². The third-order valence-electron chi connectivity index (χ3n) is 4.79. The van der Waals surface area contributed by atoms with E-state index in [2.05, 4.69) is 20.2 Å². The Morgan fingerprint density at radius 3 is 2.84 bits per heavy atom. The Bertz CT molecular complexity index is 799. The van der Waals surface area contributed by atoms with Gasteiger partial charge in [-0.05, 0) is 50.2 Å². The van der Waals surface area contributed by atoms with Gasteiger partial charge in [-0.2, -0.15) is 0 Å². The Kier molecular flexibility index (Phi) is 4.52. The Hall–Kier alpha value is -2.60. The van der Waals surface area contributed by atoms with E-state index >= 15 is 0 Å². The zero-order chi connectivity index (χ0) is 17.1. The number of hydrogen-bond donors (Lipinski definition) is 2. The molecule has 0 bridgehead atoms. The molecular formula is C19H22N4O2. The molecule has 3 heterocycles. The maximum absolute atomic E-state index is 12.3. The van der Waals surface area contributed by atoms with E-state index in [0.29, 0.717) is 6.54 Å². The van der Waals surface area contributed by atoms with Crippen molar-refractivity contribution in [3.8, 4) is 0 Å². The first-order valence-electron chi connectivity index (χ1n) is 8.74. The first-order valence-corrected chi connectivity index (χ1v) is 8.74. The van der Waals surface area contributed by atoms with E-state index in [1.165, 1.54) is 0 Å². The Balaban J connectivity index is 1.27. The van der Waals surface area contributed by atoms with Gasteiger partial charge in [0, 0.05) is 5.92 Å². The molecule has 1 aromatic carbocycles. The molecule has 0 saturated carbocycles. The smallest absolute Gasteiger partial charge is 0.223 e. The Morgan fingerprint density at radius 1 is 1.24 bits per heavy atom. The SMILES string of the molecule is O=C(NCc1ccco1)C1CCN(Cc2nc3ccccc3[nH]2)CC1. The number of aromatic nitrogens is 2. The minimum absolute atomic E-state index is 0.0851. The number of benzene rings is 1.